The summed E-state index contributed by atoms with van der Waals surface area (Å²) >= 11 is 6.60. The minimum Gasteiger partial charge on any atom is -0.508 e. The predicted molar refractivity (Wildman–Crippen MR) is 162 cm³/mol. The van der Waals surface area contributed by atoms with E-state index in [1.807, 2.05) is 0 Å². The molecule has 3 aromatic rings. The zero-order valence-corrected chi connectivity index (χ0v) is 24.6. The Balaban J connectivity index is 1.34. The number of hydrogen-bond acceptors (Lipinski definition) is 9. The third-order valence-corrected chi connectivity index (χ3v) is 8.10. The topological polar surface area (TPSA) is 128 Å². The second kappa shape index (κ2) is 12.2. The second-order valence-corrected chi connectivity index (χ2v) is 11.1. The third kappa shape index (κ3) is 6.04. The van der Waals surface area contributed by atoms with E-state index >= 15 is 0 Å². The molecule has 0 atom stereocenters. The van der Waals surface area contributed by atoms with Gasteiger partial charge in [-0.25, -0.2) is 9.37 Å². The number of aromatic nitrogens is 1. The molecule has 2 heterocycles. The zero-order chi connectivity index (χ0) is 30.9. The highest BCUT2D eigenvalue weighted by molar-refractivity contribution is 6.31. The highest BCUT2D eigenvalue weighted by Gasteiger charge is 2.45. The van der Waals surface area contributed by atoms with Gasteiger partial charge < -0.3 is 34.4 Å². The molecule has 1 saturated carbocycles. The fraction of sp³-hybridized carbons (Fsp3) is 0.312. The molecule has 4 N–H and O–H groups in total. The van der Waals surface area contributed by atoms with Crippen LogP contribution in [-0.2, 0) is 5.60 Å². The van der Waals surface area contributed by atoms with Crippen LogP contribution in [0.15, 0.2) is 66.4 Å². The summed E-state index contributed by atoms with van der Waals surface area (Å²) in [6.07, 6.45) is 3.16. The average Bonchev–Trinajstić information content (AvgIpc) is 3.82. The largest absolute Gasteiger partial charge is 0.508 e. The molecule has 2 aromatic carbocycles. The van der Waals surface area contributed by atoms with Crippen molar-refractivity contribution in [2.45, 2.75) is 18.4 Å². The predicted octanol–water partition coefficient (Wildman–Crippen LogP) is 5.27. The molecule has 0 unspecified atom stereocenters. The van der Waals surface area contributed by atoms with Crippen LogP contribution in [0.4, 0.5) is 10.2 Å². The molecule has 0 amide bonds. The number of ether oxygens (including phenoxy) is 3. The van der Waals surface area contributed by atoms with Crippen molar-refractivity contribution < 1.29 is 33.9 Å². The van der Waals surface area contributed by atoms with Gasteiger partial charge in [-0.05, 0) is 54.7 Å². The lowest BCUT2D eigenvalue weighted by molar-refractivity contribution is 0.00673. The molecular weight excluding hydrogens is 577 g/mol. The van der Waals surface area contributed by atoms with Crippen molar-refractivity contribution in [2.75, 3.05) is 45.4 Å². The van der Waals surface area contributed by atoms with Crippen molar-refractivity contribution in [3.63, 3.8) is 0 Å². The maximum atomic E-state index is 14.6. The van der Waals surface area contributed by atoms with E-state index in [4.69, 9.17) is 31.2 Å². The van der Waals surface area contributed by atoms with Gasteiger partial charge in [0, 0.05) is 22.9 Å². The van der Waals surface area contributed by atoms with Crippen LogP contribution in [0, 0.1) is 17.1 Å². The standard InChI is InChI=1S/C32H33ClFN3O6/c1-18(39)20-11-26(34)31(36-13-20)37-16-32(40,17-37)24-10-9-21(12-25(24)33)43-15-23(22(14-38)19-7-8-19)30(35)29-27(41-2)5-4-6-28(29)42-3/h4-6,9-13,19,35,38-40H,1,7-8,14-17H2,2-3H3/b23-22+,35-30?. The van der Waals surface area contributed by atoms with Gasteiger partial charge in [0.2, 0.25) is 0 Å². The molecular formula is C32H33ClFN3O6. The number of benzene rings is 2. The van der Waals surface area contributed by atoms with Crippen LogP contribution in [0.2, 0.25) is 5.02 Å². The second-order valence-electron chi connectivity index (χ2n) is 10.6. The first-order valence-electron chi connectivity index (χ1n) is 13.7. The van der Waals surface area contributed by atoms with Crippen molar-refractivity contribution in [3.05, 3.63) is 93.9 Å². The number of nitrogens with one attached hydrogen (secondary N) is 1. The van der Waals surface area contributed by atoms with Crippen molar-refractivity contribution in [1.29, 1.82) is 5.41 Å². The van der Waals surface area contributed by atoms with E-state index in [1.165, 1.54) is 20.4 Å². The number of methoxy groups -OCH3 is 2. The van der Waals surface area contributed by atoms with Crippen LogP contribution in [0.1, 0.15) is 29.5 Å². The average molecular weight is 610 g/mol. The smallest absolute Gasteiger partial charge is 0.166 e. The number of nitrogens with zero attached hydrogens (tertiary/aromatic N) is 2. The lowest BCUT2D eigenvalue weighted by Gasteiger charge is -2.47. The van der Waals surface area contributed by atoms with E-state index in [-0.39, 0.29) is 60.1 Å². The van der Waals surface area contributed by atoms with Crippen molar-refractivity contribution >= 4 is 28.9 Å². The van der Waals surface area contributed by atoms with E-state index in [9.17, 15) is 19.7 Å². The summed E-state index contributed by atoms with van der Waals surface area (Å²) in [5.41, 5.74) is 1.16. The normalized spacial score (nSPS) is 16.2. The van der Waals surface area contributed by atoms with Crippen molar-refractivity contribution in [2.24, 2.45) is 5.92 Å². The molecule has 1 saturated heterocycles. The monoisotopic (exact) mass is 609 g/mol. The number of rotatable bonds is 12. The quantitative estimate of drug-likeness (QED) is 0.161. The van der Waals surface area contributed by atoms with Gasteiger partial charge in [0.05, 0.1) is 50.2 Å². The number of pyridine rings is 1. The van der Waals surface area contributed by atoms with Gasteiger partial charge in [-0.3, -0.25) is 5.41 Å². The minimum atomic E-state index is -1.34. The van der Waals surface area contributed by atoms with E-state index in [0.717, 1.165) is 24.5 Å². The molecule has 5 rings (SSSR count). The lowest BCUT2D eigenvalue weighted by Crippen LogP contribution is -2.60. The summed E-state index contributed by atoms with van der Waals surface area (Å²) in [6, 6.07) is 11.3. The van der Waals surface area contributed by atoms with E-state index in [0.29, 0.717) is 33.9 Å². The Hall–Kier alpha value is -4.12. The molecule has 2 aliphatic rings. The van der Waals surface area contributed by atoms with Crippen LogP contribution in [-0.4, -0.2) is 66.5 Å². The van der Waals surface area contributed by atoms with Gasteiger partial charge in [-0.2, -0.15) is 0 Å². The number of β-amino-alcohol motifs (C(OH)–C–C–N with tert-alkyl or cyclic N) is 1. The van der Waals surface area contributed by atoms with Gasteiger partial charge in [-0.1, -0.05) is 30.3 Å². The molecule has 9 nitrogen and oxygen atoms in total. The Morgan fingerprint density at radius 1 is 1.16 bits per heavy atom. The minimum absolute atomic E-state index is 0.0125. The molecule has 2 fully saturated rings. The Bertz CT molecular complexity index is 1580. The Labute approximate surface area is 253 Å². The lowest BCUT2D eigenvalue weighted by atomic mass is 9.86. The first-order chi connectivity index (χ1) is 20.6. The number of hydrogen-bond donors (Lipinski definition) is 4. The SMILES string of the molecule is C=C(O)c1cnc(N2CC(O)(c3ccc(OC/C(C(=N)c4c(OC)cccc4OC)=C(/CO)C4CC4)cc3Cl)C2)c(F)c1. The Kier molecular flexibility index (Phi) is 8.64. The summed E-state index contributed by atoms with van der Waals surface area (Å²) in [4.78, 5) is 5.64. The third-order valence-electron chi connectivity index (χ3n) is 7.79. The van der Waals surface area contributed by atoms with Crippen LogP contribution in [0.25, 0.3) is 5.76 Å². The van der Waals surface area contributed by atoms with Crippen LogP contribution < -0.4 is 19.1 Å². The molecule has 11 heteroatoms. The molecule has 1 aromatic heterocycles. The summed E-state index contributed by atoms with van der Waals surface area (Å²) in [7, 11) is 3.05. The van der Waals surface area contributed by atoms with Crippen LogP contribution >= 0.6 is 11.6 Å². The molecule has 1 aliphatic carbocycles. The van der Waals surface area contributed by atoms with Gasteiger partial charge in [0.15, 0.2) is 11.6 Å². The number of aliphatic hydroxyl groups is 3. The number of anilines is 1. The van der Waals surface area contributed by atoms with Gasteiger partial charge in [-0.15, -0.1) is 0 Å². The summed E-state index contributed by atoms with van der Waals surface area (Å²) in [5.74, 6) is 0.639. The maximum Gasteiger partial charge on any atom is 0.166 e. The van der Waals surface area contributed by atoms with E-state index in [1.54, 1.807) is 41.3 Å². The Morgan fingerprint density at radius 2 is 1.84 bits per heavy atom. The highest BCUT2D eigenvalue weighted by Crippen LogP contribution is 2.42. The van der Waals surface area contributed by atoms with Crippen LogP contribution in [0.5, 0.6) is 17.2 Å². The van der Waals surface area contributed by atoms with Crippen molar-refractivity contribution in [1.82, 2.24) is 4.98 Å². The fourth-order valence-corrected chi connectivity index (χ4v) is 5.67. The molecule has 0 bridgehead atoms. The maximum absolute atomic E-state index is 14.6. The number of aliphatic hydroxyl groups excluding tert-OH is 2. The molecule has 43 heavy (non-hydrogen) atoms. The van der Waals surface area contributed by atoms with Gasteiger partial charge >= 0.3 is 0 Å². The highest BCUT2D eigenvalue weighted by atomic mass is 35.5. The first-order valence-corrected chi connectivity index (χ1v) is 14.0. The van der Waals surface area contributed by atoms with E-state index < -0.39 is 11.4 Å². The fourth-order valence-electron chi connectivity index (χ4n) is 5.32. The molecule has 0 spiro atoms. The zero-order valence-electron chi connectivity index (χ0n) is 23.9. The van der Waals surface area contributed by atoms with Crippen molar-refractivity contribution in [3.8, 4) is 17.2 Å². The molecule has 226 valence electrons. The van der Waals surface area contributed by atoms with Gasteiger partial charge in [0.25, 0.3) is 0 Å². The summed E-state index contributed by atoms with van der Waals surface area (Å²) in [6.45, 7) is 3.27. The molecule has 0 radical (unpaired) electrons. The van der Waals surface area contributed by atoms with Gasteiger partial charge in [0.1, 0.15) is 35.2 Å². The Morgan fingerprint density at radius 3 is 2.37 bits per heavy atom. The summed E-state index contributed by atoms with van der Waals surface area (Å²) < 4.78 is 31.7. The van der Waals surface area contributed by atoms with E-state index in [2.05, 4.69) is 11.6 Å². The molecule has 1 aliphatic heterocycles. The first kappa shape index (κ1) is 30.3. The number of halogens is 2. The van der Waals surface area contributed by atoms with Crippen LogP contribution in [0.3, 0.4) is 0 Å². The summed E-state index contributed by atoms with van der Waals surface area (Å²) in [5, 5.41) is 40.3.